The summed E-state index contributed by atoms with van der Waals surface area (Å²) in [6, 6.07) is 10.2. The SMILES string of the molecule is O=C(NCCc1ccn[nH]1)C1CCCc2ccccc21. The van der Waals surface area contributed by atoms with Crippen LogP contribution in [0.2, 0.25) is 0 Å². The number of rotatable bonds is 4. The molecule has 2 aromatic rings. The molecule has 3 rings (SSSR count). The molecule has 20 heavy (non-hydrogen) atoms. The molecule has 0 aliphatic heterocycles. The first-order valence-corrected chi connectivity index (χ1v) is 7.18. The van der Waals surface area contributed by atoms with Gasteiger partial charge in [0.1, 0.15) is 0 Å². The molecule has 4 nitrogen and oxygen atoms in total. The second kappa shape index (κ2) is 5.90. The fourth-order valence-corrected chi connectivity index (χ4v) is 2.89. The number of H-pyrrole nitrogens is 1. The van der Waals surface area contributed by atoms with Gasteiger partial charge in [0.05, 0.1) is 5.92 Å². The lowest BCUT2D eigenvalue weighted by Gasteiger charge is -2.24. The van der Waals surface area contributed by atoms with Gasteiger partial charge in [-0.05, 0) is 36.5 Å². The fourth-order valence-electron chi connectivity index (χ4n) is 2.89. The Labute approximate surface area is 118 Å². The van der Waals surface area contributed by atoms with Crippen LogP contribution < -0.4 is 5.32 Å². The van der Waals surface area contributed by atoms with Crippen molar-refractivity contribution in [2.24, 2.45) is 0 Å². The van der Waals surface area contributed by atoms with Gasteiger partial charge in [0, 0.05) is 24.9 Å². The van der Waals surface area contributed by atoms with Gasteiger partial charge in [0.2, 0.25) is 5.91 Å². The lowest BCUT2D eigenvalue weighted by Crippen LogP contribution is -2.32. The van der Waals surface area contributed by atoms with Crippen LogP contribution in [0.1, 0.15) is 35.6 Å². The number of aryl methyl sites for hydroxylation is 1. The monoisotopic (exact) mass is 269 g/mol. The van der Waals surface area contributed by atoms with Crippen molar-refractivity contribution in [1.29, 1.82) is 0 Å². The average molecular weight is 269 g/mol. The molecule has 0 fully saturated rings. The quantitative estimate of drug-likeness (QED) is 0.894. The van der Waals surface area contributed by atoms with Crippen molar-refractivity contribution in [3.8, 4) is 0 Å². The van der Waals surface area contributed by atoms with Crippen molar-refractivity contribution in [3.63, 3.8) is 0 Å². The maximum atomic E-state index is 12.4. The van der Waals surface area contributed by atoms with Crippen molar-refractivity contribution in [1.82, 2.24) is 15.5 Å². The maximum absolute atomic E-state index is 12.4. The largest absolute Gasteiger partial charge is 0.355 e. The summed E-state index contributed by atoms with van der Waals surface area (Å²) in [4.78, 5) is 12.4. The highest BCUT2D eigenvalue weighted by Crippen LogP contribution is 2.31. The molecule has 1 aliphatic carbocycles. The van der Waals surface area contributed by atoms with Crippen molar-refractivity contribution in [2.45, 2.75) is 31.6 Å². The van der Waals surface area contributed by atoms with E-state index in [9.17, 15) is 4.79 Å². The molecule has 1 atom stereocenters. The highest BCUT2D eigenvalue weighted by Gasteiger charge is 2.25. The minimum absolute atomic E-state index is 0.0155. The van der Waals surface area contributed by atoms with Crippen molar-refractivity contribution in [2.75, 3.05) is 6.54 Å². The molecule has 0 bridgehead atoms. The number of nitrogens with one attached hydrogen (secondary N) is 2. The van der Waals surface area contributed by atoms with Crippen LogP contribution >= 0.6 is 0 Å². The number of hydrogen-bond acceptors (Lipinski definition) is 2. The van der Waals surface area contributed by atoms with Gasteiger partial charge in [-0.25, -0.2) is 0 Å². The molecular weight excluding hydrogens is 250 g/mol. The van der Waals surface area contributed by atoms with Gasteiger partial charge < -0.3 is 5.32 Å². The van der Waals surface area contributed by atoms with Crippen LogP contribution in [0.3, 0.4) is 0 Å². The van der Waals surface area contributed by atoms with Gasteiger partial charge in [-0.2, -0.15) is 5.10 Å². The Balaban J connectivity index is 1.60. The lowest BCUT2D eigenvalue weighted by atomic mass is 9.82. The van der Waals surface area contributed by atoms with E-state index in [0.717, 1.165) is 31.4 Å². The molecule has 0 radical (unpaired) electrons. The Morgan fingerprint density at radius 1 is 1.35 bits per heavy atom. The summed E-state index contributed by atoms with van der Waals surface area (Å²) in [6.45, 7) is 0.652. The van der Waals surface area contributed by atoms with E-state index in [0.29, 0.717) is 6.54 Å². The van der Waals surface area contributed by atoms with Gasteiger partial charge in [0.15, 0.2) is 0 Å². The Morgan fingerprint density at radius 3 is 3.10 bits per heavy atom. The Hall–Kier alpha value is -2.10. The summed E-state index contributed by atoms with van der Waals surface area (Å²) in [6.07, 6.45) is 5.66. The maximum Gasteiger partial charge on any atom is 0.227 e. The van der Waals surface area contributed by atoms with E-state index in [1.54, 1.807) is 6.20 Å². The normalized spacial score (nSPS) is 17.5. The first-order valence-electron chi connectivity index (χ1n) is 7.18. The van der Waals surface area contributed by atoms with Gasteiger partial charge in [0.25, 0.3) is 0 Å². The van der Waals surface area contributed by atoms with Crippen LogP contribution in [0.4, 0.5) is 0 Å². The third-order valence-corrected chi connectivity index (χ3v) is 3.94. The van der Waals surface area contributed by atoms with Crippen molar-refractivity contribution < 1.29 is 4.79 Å². The van der Waals surface area contributed by atoms with E-state index in [1.807, 2.05) is 12.1 Å². The molecule has 2 N–H and O–H groups in total. The van der Waals surface area contributed by atoms with E-state index in [1.165, 1.54) is 11.1 Å². The predicted octanol–water partition coefficient (Wildman–Crippen LogP) is 2.19. The molecule has 1 amide bonds. The van der Waals surface area contributed by atoms with Crippen LogP contribution in [-0.4, -0.2) is 22.6 Å². The third-order valence-electron chi connectivity index (χ3n) is 3.94. The number of amides is 1. The van der Waals surface area contributed by atoms with E-state index in [2.05, 4.69) is 33.7 Å². The van der Waals surface area contributed by atoms with Crippen molar-refractivity contribution in [3.05, 3.63) is 53.3 Å². The van der Waals surface area contributed by atoms with Crippen LogP contribution in [0.25, 0.3) is 0 Å². The summed E-state index contributed by atoms with van der Waals surface area (Å²) >= 11 is 0. The number of nitrogens with zero attached hydrogens (tertiary/aromatic N) is 1. The van der Waals surface area contributed by atoms with Crippen molar-refractivity contribution >= 4 is 5.91 Å². The molecule has 0 spiro atoms. The first-order chi connectivity index (χ1) is 9.84. The predicted molar refractivity (Wildman–Crippen MR) is 77.4 cm³/mol. The van der Waals surface area contributed by atoms with Crippen LogP contribution in [0.5, 0.6) is 0 Å². The number of carbonyl (C=O) groups is 1. The molecule has 1 aromatic carbocycles. The molecule has 0 saturated heterocycles. The topological polar surface area (TPSA) is 57.8 Å². The summed E-state index contributed by atoms with van der Waals surface area (Å²) < 4.78 is 0. The number of aromatic amines is 1. The first kappa shape index (κ1) is 12.9. The van der Waals surface area contributed by atoms with E-state index in [4.69, 9.17) is 0 Å². The third kappa shape index (κ3) is 2.74. The fraction of sp³-hybridized carbons (Fsp3) is 0.375. The summed E-state index contributed by atoms with van der Waals surface area (Å²) in [7, 11) is 0. The number of fused-ring (bicyclic) bond motifs is 1. The Kier molecular flexibility index (Phi) is 3.81. The number of hydrogen-bond donors (Lipinski definition) is 2. The smallest absolute Gasteiger partial charge is 0.227 e. The molecule has 1 aromatic heterocycles. The minimum Gasteiger partial charge on any atom is -0.355 e. The lowest BCUT2D eigenvalue weighted by molar-refractivity contribution is -0.122. The van der Waals surface area contributed by atoms with Crippen LogP contribution in [0.15, 0.2) is 36.5 Å². The average Bonchev–Trinajstić information content (AvgIpc) is 3.00. The summed E-state index contributed by atoms with van der Waals surface area (Å²) in [5.74, 6) is 0.165. The zero-order valence-electron chi connectivity index (χ0n) is 11.4. The Morgan fingerprint density at radius 2 is 2.25 bits per heavy atom. The van der Waals surface area contributed by atoms with E-state index < -0.39 is 0 Å². The molecule has 104 valence electrons. The second-order valence-corrected chi connectivity index (χ2v) is 5.27. The molecule has 0 saturated carbocycles. The molecular formula is C16H19N3O. The number of benzene rings is 1. The highest BCUT2D eigenvalue weighted by molar-refractivity contribution is 5.84. The molecule has 4 heteroatoms. The zero-order valence-corrected chi connectivity index (χ0v) is 11.4. The summed E-state index contributed by atoms with van der Waals surface area (Å²) in [5, 5.41) is 9.85. The van der Waals surface area contributed by atoms with E-state index in [-0.39, 0.29) is 11.8 Å². The Bertz CT molecular complexity index is 577. The highest BCUT2D eigenvalue weighted by atomic mass is 16.1. The molecule has 1 heterocycles. The van der Waals surface area contributed by atoms with E-state index >= 15 is 0 Å². The number of aromatic nitrogens is 2. The van der Waals surface area contributed by atoms with Gasteiger partial charge in [-0.1, -0.05) is 24.3 Å². The molecule has 1 aliphatic rings. The van der Waals surface area contributed by atoms with Gasteiger partial charge >= 0.3 is 0 Å². The standard InChI is InChI=1S/C16H19N3O/c20-16(17-10-8-13-9-11-18-19-13)15-7-3-5-12-4-1-2-6-14(12)15/h1-2,4,6,9,11,15H,3,5,7-8,10H2,(H,17,20)(H,18,19). The summed E-state index contributed by atoms with van der Waals surface area (Å²) in [5.41, 5.74) is 3.58. The number of carbonyl (C=O) groups excluding carboxylic acids is 1. The minimum atomic E-state index is 0.0155. The second-order valence-electron chi connectivity index (χ2n) is 5.27. The van der Waals surface area contributed by atoms with Crippen LogP contribution in [-0.2, 0) is 17.6 Å². The molecule has 1 unspecified atom stereocenters. The zero-order chi connectivity index (χ0) is 13.8. The van der Waals surface area contributed by atoms with Gasteiger partial charge in [-0.15, -0.1) is 0 Å². The van der Waals surface area contributed by atoms with Gasteiger partial charge in [-0.3, -0.25) is 9.89 Å². The van der Waals surface area contributed by atoms with Crippen LogP contribution in [0, 0.1) is 0 Å².